The van der Waals surface area contributed by atoms with E-state index >= 15 is 0 Å². The molecule has 0 N–H and O–H groups in total. The van der Waals surface area contributed by atoms with E-state index in [9.17, 15) is 13.6 Å². The number of nitrogens with zero attached hydrogens (tertiary/aromatic N) is 4. The predicted octanol–water partition coefficient (Wildman–Crippen LogP) is 6.24. The standard InChI is InChI=1S/C24H24F2N4OS2/c1-14(2)32-19-7-5-17(6-8-19)23(31)29(9-10-30-16(4)11-15(3)28-30)24-27-22-20(26)12-18(25)13-21(22)33-24/h5-8,11-14H,9-10H2,1-4H3. The van der Waals surface area contributed by atoms with Crippen LogP contribution in [0.1, 0.15) is 35.6 Å². The molecule has 0 bridgehead atoms. The maximum atomic E-state index is 14.3. The number of anilines is 1. The molecular weight excluding hydrogens is 462 g/mol. The fraction of sp³-hybridized carbons (Fsp3) is 0.292. The molecule has 0 spiro atoms. The predicted molar refractivity (Wildman–Crippen MR) is 130 cm³/mol. The zero-order valence-corrected chi connectivity index (χ0v) is 20.4. The maximum Gasteiger partial charge on any atom is 0.260 e. The van der Waals surface area contributed by atoms with Crippen molar-refractivity contribution in [1.82, 2.24) is 14.8 Å². The van der Waals surface area contributed by atoms with E-state index in [4.69, 9.17) is 0 Å². The van der Waals surface area contributed by atoms with Crippen molar-refractivity contribution in [3.05, 3.63) is 71.1 Å². The first-order chi connectivity index (χ1) is 15.7. The molecule has 0 unspecified atom stereocenters. The van der Waals surface area contributed by atoms with E-state index in [1.54, 1.807) is 23.9 Å². The average molecular weight is 487 g/mol. The van der Waals surface area contributed by atoms with E-state index in [1.165, 1.54) is 11.0 Å². The highest BCUT2D eigenvalue weighted by Gasteiger charge is 2.23. The molecule has 4 rings (SSSR count). The molecule has 4 aromatic rings. The molecule has 0 aliphatic carbocycles. The average Bonchev–Trinajstić information content (AvgIpc) is 3.30. The summed E-state index contributed by atoms with van der Waals surface area (Å²) in [4.78, 5) is 20.4. The van der Waals surface area contributed by atoms with E-state index in [0.29, 0.717) is 27.2 Å². The molecule has 2 aromatic carbocycles. The van der Waals surface area contributed by atoms with Gasteiger partial charge < -0.3 is 0 Å². The van der Waals surface area contributed by atoms with E-state index in [0.717, 1.165) is 33.7 Å². The van der Waals surface area contributed by atoms with Gasteiger partial charge in [0.25, 0.3) is 5.91 Å². The van der Waals surface area contributed by atoms with Gasteiger partial charge in [0.05, 0.1) is 16.9 Å². The third-order valence-electron chi connectivity index (χ3n) is 4.99. The van der Waals surface area contributed by atoms with E-state index in [1.807, 2.05) is 36.7 Å². The minimum atomic E-state index is -0.742. The lowest BCUT2D eigenvalue weighted by Gasteiger charge is -2.20. The van der Waals surface area contributed by atoms with E-state index in [-0.39, 0.29) is 18.0 Å². The van der Waals surface area contributed by atoms with E-state index in [2.05, 4.69) is 23.9 Å². The maximum absolute atomic E-state index is 14.3. The van der Waals surface area contributed by atoms with Gasteiger partial charge in [-0.3, -0.25) is 14.4 Å². The number of carbonyl (C=O) groups excluding carboxylic acids is 1. The van der Waals surface area contributed by atoms with Crippen molar-refractivity contribution in [2.24, 2.45) is 0 Å². The Kier molecular flexibility index (Phi) is 6.81. The van der Waals surface area contributed by atoms with Gasteiger partial charge in [0.15, 0.2) is 10.9 Å². The van der Waals surface area contributed by atoms with Gasteiger partial charge in [0.1, 0.15) is 11.3 Å². The van der Waals surface area contributed by atoms with Crippen LogP contribution in [0, 0.1) is 25.5 Å². The number of benzene rings is 2. The summed E-state index contributed by atoms with van der Waals surface area (Å²) < 4.78 is 30.2. The molecule has 2 aromatic heterocycles. The first-order valence-corrected chi connectivity index (χ1v) is 12.3. The zero-order chi connectivity index (χ0) is 23.7. The third-order valence-corrected chi connectivity index (χ3v) is 7.03. The van der Waals surface area contributed by atoms with Crippen LogP contribution in [0.2, 0.25) is 0 Å². The van der Waals surface area contributed by atoms with Crippen LogP contribution in [0.15, 0.2) is 47.4 Å². The minimum absolute atomic E-state index is 0.0593. The van der Waals surface area contributed by atoms with Gasteiger partial charge in [0, 0.05) is 34.0 Å². The zero-order valence-electron chi connectivity index (χ0n) is 18.8. The SMILES string of the molecule is Cc1cc(C)n(CCN(C(=O)c2ccc(SC(C)C)cc2)c2nc3c(F)cc(F)cc3s2)n1. The number of fused-ring (bicyclic) bond motifs is 1. The Labute approximate surface area is 199 Å². The smallest absolute Gasteiger partial charge is 0.260 e. The molecule has 0 aliphatic heterocycles. The molecular formula is C24H24F2N4OS2. The van der Waals surface area contributed by atoms with Crippen molar-refractivity contribution in [2.75, 3.05) is 11.4 Å². The van der Waals surface area contributed by atoms with Gasteiger partial charge >= 0.3 is 0 Å². The number of amides is 1. The minimum Gasteiger partial charge on any atom is -0.282 e. The molecule has 5 nitrogen and oxygen atoms in total. The lowest BCUT2D eigenvalue weighted by atomic mass is 10.2. The Morgan fingerprint density at radius 3 is 2.52 bits per heavy atom. The largest absolute Gasteiger partial charge is 0.282 e. The number of thioether (sulfide) groups is 1. The van der Waals surface area contributed by atoms with Crippen LogP contribution < -0.4 is 4.90 Å². The second-order valence-corrected chi connectivity index (χ2v) is 10.7. The van der Waals surface area contributed by atoms with Crippen molar-refractivity contribution in [2.45, 2.75) is 44.4 Å². The van der Waals surface area contributed by atoms with Crippen molar-refractivity contribution in [3.8, 4) is 0 Å². The first-order valence-electron chi connectivity index (χ1n) is 10.6. The highest BCUT2D eigenvalue weighted by molar-refractivity contribution is 7.99. The molecule has 33 heavy (non-hydrogen) atoms. The molecule has 0 saturated heterocycles. The van der Waals surface area contributed by atoms with Gasteiger partial charge in [-0.2, -0.15) is 5.10 Å². The quantitative estimate of drug-likeness (QED) is 0.290. The molecule has 0 atom stereocenters. The van der Waals surface area contributed by atoms with Crippen LogP contribution >= 0.6 is 23.1 Å². The number of thiazole rings is 1. The van der Waals surface area contributed by atoms with Gasteiger partial charge in [-0.15, -0.1) is 11.8 Å². The van der Waals surface area contributed by atoms with Gasteiger partial charge in [-0.1, -0.05) is 25.2 Å². The summed E-state index contributed by atoms with van der Waals surface area (Å²) in [5, 5.41) is 5.22. The molecule has 9 heteroatoms. The first kappa shape index (κ1) is 23.4. The second kappa shape index (κ2) is 9.61. The summed E-state index contributed by atoms with van der Waals surface area (Å²) in [6.45, 7) is 8.81. The number of rotatable bonds is 7. The lowest BCUT2D eigenvalue weighted by Crippen LogP contribution is -2.34. The van der Waals surface area contributed by atoms with Crippen LogP contribution in [0.5, 0.6) is 0 Å². The number of hydrogen-bond acceptors (Lipinski definition) is 5. The number of hydrogen-bond donors (Lipinski definition) is 0. The topological polar surface area (TPSA) is 51.0 Å². The van der Waals surface area contributed by atoms with Gasteiger partial charge in [0.2, 0.25) is 0 Å². The van der Waals surface area contributed by atoms with Gasteiger partial charge in [-0.05, 0) is 50.2 Å². The Balaban J connectivity index is 1.68. The molecule has 2 heterocycles. The Morgan fingerprint density at radius 1 is 1.15 bits per heavy atom. The van der Waals surface area contributed by atoms with Crippen molar-refractivity contribution >= 4 is 44.4 Å². The normalized spacial score (nSPS) is 11.5. The van der Waals surface area contributed by atoms with Crippen molar-refractivity contribution in [1.29, 1.82) is 0 Å². The third kappa shape index (κ3) is 5.25. The molecule has 0 saturated carbocycles. The lowest BCUT2D eigenvalue weighted by molar-refractivity contribution is 0.0985. The van der Waals surface area contributed by atoms with Gasteiger partial charge in [-0.25, -0.2) is 13.8 Å². The molecule has 172 valence electrons. The fourth-order valence-electron chi connectivity index (χ4n) is 3.55. The highest BCUT2D eigenvalue weighted by Crippen LogP contribution is 2.32. The van der Waals surface area contributed by atoms with Crippen LogP contribution in [0.3, 0.4) is 0 Å². The summed E-state index contributed by atoms with van der Waals surface area (Å²) in [5.74, 6) is -1.67. The number of aryl methyl sites for hydroxylation is 2. The Bertz CT molecular complexity index is 1300. The van der Waals surface area contributed by atoms with E-state index < -0.39 is 11.6 Å². The Hall–Kier alpha value is -2.78. The highest BCUT2D eigenvalue weighted by atomic mass is 32.2. The van der Waals surface area contributed by atoms with Crippen LogP contribution in [0.4, 0.5) is 13.9 Å². The monoisotopic (exact) mass is 486 g/mol. The Morgan fingerprint density at radius 2 is 1.88 bits per heavy atom. The molecule has 0 fully saturated rings. The van der Waals surface area contributed by atoms with Crippen LogP contribution in [-0.2, 0) is 6.54 Å². The van der Waals surface area contributed by atoms with Crippen molar-refractivity contribution in [3.63, 3.8) is 0 Å². The van der Waals surface area contributed by atoms with Crippen LogP contribution in [0.25, 0.3) is 10.2 Å². The number of aromatic nitrogens is 3. The summed E-state index contributed by atoms with van der Waals surface area (Å²) in [6.07, 6.45) is 0. The fourth-order valence-corrected chi connectivity index (χ4v) is 5.41. The molecule has 1 amide bonds. The molecule has 0 radical (unpaired) electrons. The van der Waals surface area contributed by atoms with Crippen LogP contribution in [-0.4, -0.2) is 32.5 Å². The number of carbonyl (C=O) groups is 1. The summed E-state index contributed by atoms with van der Waals surface area (Å²) in [5.41, 5.74) is 2.43. The second-order valence-electron chi connectivity index (χ2n) is 8.03. The summed E-state index contributed by atoms with van der Waals surface area (Å²) in [6, 6.07) is 11.4. The summed E-state index contributed by atoms with van der Waals surface area (Å²) >= 11 is 2.81. The molecule has 0 aliphatic rings. The summed E-state index contributed by atoms with van der Waals surface area (Å²) in [7, 11) is 0. The van der Waals surface area contributed by atoms with Crippen molar-refractivity contribution < 1.29 is 13.6 Å². The number of halogens is 2.